The molecule has 1 aliphatic heterocycles. The summed E-state index contributed by atoms with van der Waals surface area (Å²) in [5.74, 6) is 0.241. The van der Waals surface area contributed by atoms with Gasteiger partial charge in [-0.1, -0.05) is 23.2 Å². The molecule has 178 valence electrons. The molecular weight excluding hydrogens is 489 g/mol. The molecule has 1 unspecified atom stereocenters. The number of fused-ring (bicyclic) bond motifs is 1. The van der Waals surface area contributed by atoms with E-state index in [1.165, 1.54) is 13.1 Å². The van der Waals surface area contributed by atoms with Crippen LogP contribution in [0.2, 0.25) is 10.0 Å². The van der Waals surface area contributed by atoms with Crippen molar-refractivity contribution in [3.05, 3.63) is 58.5 Å². The van der Waals surface area contributed by atoms with Gasteiger partial charge >= 0.3 is 0 Å². The smallest absolute Gasteiger partial charge is 0.225 e. The van der Waals surface area contributed by atoms with E-state index in [0.717, 1.165) is 13.0 Å². The highest BCUT2D eigenvalue weighted by atomic mass is 35.5. The largest absolute Gasteiger partial charge is 0.505 e. The van der Waals surface area contributed by atoms with Gasteiger partial charge in [0, 0.05) is 30.9 Å². The van der Waals surface area contributed by atoms with Crippen LogP contribution in [-0.2, 0) is 0 Å². The average molecular weight is 510 g/mol. The first-order valence-corrected chi connectivity index (χ1v) is 11.6. The quantitative estimate of drug-likeness (QED) is 0.330. The molecule has 3 aromatic heterocycles. The SMILES string of the molecule is CC(=O)c1cnc2ccc(-c3cc(Cl)c(O)c(Cl)c3)nc2c1Nc1cnc(N2CCC(N)C2)nc1. The third-order valence-electron chi connectivity index (χ3n) is 5.82. The number of Topliss-reactive ketones (excluding diaryl/α,β-unsaturated/α-hetero) is 1. The van der Waals surface area contributed by atoms with E-state index in [9.17, 15) is 9.90 Å². The van der Waals surface area contributed by atoms with Gasteiger partial charge in [-0.25, -0.2) is 15.0 Å². The highest BCUT2D eigenvalue weighted by Crippen LogP contribution is 2.37. The molecule has 1 fully saturated rings. The summed E-state index contributed by atoms with van der Waals surface area (Å²) in [4.78, 5) is 32.5. The number of rotatable bonds is 5. The first-order valence-electron chi connectivity index (χ1n) is 10.9. The van der Waals surface area contributed by atoms with Gasteiger partial charge in [0.05, 0.1) is 50.6 Å². The molecular formula is C24H21Cl2N7O2. The molecule has 4 N–H and O–H groups in total. The molecule has 1 aromatic carbocycles. The van der Waals surface area contributed by atoms with E-state index in [2.05, 4.69) is 20.3 Å². The monoisotopic (exact) mass is 509 g/mol. The Kier molecular flexibility index (Phi) is 6.14. The average Bonchev–Trinajstić information content (AvgIpc) is 3.28. The fourth-order valence-electron chi connectivity index (χ4n) is 4.00. The predicted molar refractivity (Wildman–Crippen MR) is 137 cm³/mol. The number of hydrogen-bond donors (Lipinski definition) is 3. The Morgan fingerprint density at radius 2 is 1.86 bits per heavy atom. The van der Waals surface area contributed by atoms with E-state index in [-0.39, 0.29) is 27.6 Å². The molecule has 0 spiro atoms. The maximum absolute atomic E-state index is 12.4. The van der Waals surface area contributed by atoms with Gasteiger partial charge in [0.2, 0.25) is 5.95 Å². The van der Waals surface area contributed by atoms with Gasteiger partial charge in [-0.15, -0.1) is 0 Å². The Hall–Kier alpha value is -3.53. The molecule has 5 rings (SSSR count). The molecule has 0 amide bonds. The van der Waals surface area contributed by atoms with E-state index < -0.39 is 0 Å². The Morgan fingerprint density at radius 3 is 2.49 bits per heavy atom. The fourth-order valence-corrected chi connectivity index (χ4v) is 4.48. The Labute approximate surface area is 211 Å². The molecule has 4 aromatic rings. The number of nitrogens with two attached hydrogens (primary N) is 1. The fraction of sp³-hybridized carbons (Fsp3) is 0.208. The summed E-state index contributed by atoms with van der Waals surface area (Å²) in [6.45, 7) is 3.00. The second kappa shape index (κ2) is 9.26. The zero-order chi connectivity index (χ0) is 24.7. The zero-order valence-electron chi connectivity index (χ0n) is 18.7. The van der Waals surface area contributed by atoms with Crippen LogP contribution in [0.5, 0.6) is 5.75 Å². The van der Waals surface area contributed by atoms with Crippen LogP contribution in [0.4, 0.5) is 17.3 Å². The van der Waals surface area contributed by atoms with Crippen LogP contribution >= 0.6 is 23.2 Å². The number of hydrogen-bond acceptors (Lipinski definition) is 9. The van der Waals surface area contributed by atoms with Gasteiger partial charge in [-0.05, 0) is 37.6 Å². The Balaban J connectivity index is 1.56. The Bertz CT molecular complexity index is 1420. The molecule has 0 radical (unpaired) electrons. The highest BCUT2D eigenvalue weighted by Gasteiger charge is 2.21. The van der Waals surface area contributed by atoms with Crippen molar-refractivity contribution < 1.29 is 9.90 Å². The molecule has 9 nitrogen and oxygen atoms in total. The predicted octanol–water partition coefficient (Wildman–Crippen LogP) is 4.58. The van der Waals surface area contributed by atoms with Crippen molar-refractivity contribution >= 4 is 57.3 Å². The van der Waals surface area contributed by atoms with Crippen LogP contribution in [0.1, 0.15) is 23.7 Å². The van der Waals surface area contributed by atoms with E-state index in [1.54, 1.807) is 36.7 Å². The first-order chi connectivity index (χ1) is 16.8. The number of phenolic OH excluding ortho intramolecular Hbond substituents is 1. The van der Waals surface area contributed by atoms with E-state index in [1.807, 2.05) is 4.90 Å². The molecule has 1 atom stereocenters. The van der Waals surface area contributed by atoms with E-state index in [4.69, 9.17) is 33.9 Å². The molecule has 0 bridgehead atoms. The number of nitrogens with one attached hydrogen (secondary N) is 1. The number of phenols is 1. The number of nitrogens with zero attached hydrogens (tertiary/aromatic N) is 5. The maximum atomic E-state index is 12.4. The number of carbonyl (C=O) groups is 1. The molecule has 4 heterocycles. The lowest BCUT2D eigenvalue weighted by Gasteiger charge is -2.16. The number of benzene rings is 1. The standard InChI is InChI=1S/C24H21Cl2N7O2/c1-12(34)16-10-28-20-3-2-19(13-6-17(25)23(35)18(26)7-13)32-22(20)21(16)31-15-8-29-24(30-9-15)33-5-4-14(27)11-33/h2-3,6-10,14,35H,4-5,11,27H2,1H3,(H,28,31). The van der Waals surface area contributed by atoms with Crippen molar-refractivity contribution in [1.29, 1.82) is 0 Å². The summed E-state index contributed by atoms with van der Waals surface area (Å²) in [7, 11) is 0. The number of aromatic nitrogens is 4. The van der Waals surface area contributed by atoms with Gasteiger partial charge in [0.1, 0.15) is 5.52 Å². The van der Waals surface area contributed by atoms with Crippen LogP contribution in [0.3, 0.4) is 0 Å². The number of anilines is 3. The summed E-state index contributed by atoms with van der Waals surface area (Å²) in [6.07, 6.45) is 5.74. The van der Waals surface area contributed by atoms with Crippen LogP contribution in [0.25, 0.3) is 22.3 Å². The number of halogens is 2. The molecule has 0 aliphatic carbocycles. The zero-order valence-corrected chi connectivity index (χ0v) is 20.2. The number of pyridine rings is 2. The third-order valence-corrected chi connectivity index (χ3v) is 6.40. The van der Waals surface area contributed by atoms with Crippen LogP contribution in [-0.4, -0.2) is 50.0 Å². The van der Waals surface area contributed by atoms with Gasteiger partial charge in [0.15, 0.2) is 11.5 Å². The number of carbonyl (C=O) groups excluding carboxylic acids is 1. The lowest BCUT2D eigenvalue weighted by Crippen LogP contribution is -2.27. The Morgan fingerprint density at radius 1 is 1.14 bits per heavy atom. The van der Waals surface area contributed by atoms with Crippen molar-refractivity contribution in [2.75, 3.05) is 23.3 Å². The van der Waals surface area contributed by atoms with Crippen LogP contribution in [0, 0.1) is 0 Å². The summed E-state index contributed by atoms with van der Waals surface area (Å²) in [5, 5.41) is 13.4. The van der Waals surface area contributed by atoms with Gasteiger partial charge in [0.25, 0.3) is 0 Å². The topological polar surface area (TPSA) is 130 Å². The summed E-state index contributed by atoms with van der Waals surface area (Å²) < 4.78 is 0. The molecule has 0 saturated carbocycles. The van der Waals surface area contributed by atoms with Gasteiger partial charge in [-0.3, -0.25) is 9.78 Å². The molecule has 35 heavy (non-hydrogen) atoms. The van der Waals surface area contributed by atoms with Crippen LogP contribution < -0.4 is 16.0 Å². The van der Waals surface area contributed by atoms with Crippen molar-refractivity contribution in [2.45, 2.75) is 19.4 Å². The second-order valence-electron chi connectivity index (χ2n) is 8.35. The minimum Gasteiger partial charge on any atom is -0.505 e. The molecule has 1 aliphatic rings. The minimum absolute atomic E-state index is 0.111. The maximum Gasteiger partial charge on any atom is 0.225 e. The lowest BCUT2D eigenvalue weighted by molar-refractivity contribution is 0.101. The van der Waals surface area contributed by atoms with Crippen molar-refractivity contribution in [3.63, 3.8) is 0 Å². The van der Waals surface area contributed by atoms with E-state index in [0.29, 0.717) is 51.7 Å². The van der Waals surface area contributed by atoms with Gasteiger partial charge in [-0.2, -0.15) is 0 Å². The summed E-state index contributed by atoms with van der Waals surface area (Å²) in [6, 6.07) is 6.82. The minimum atomic E-state index is -0.194. The second-order valence-corrected chi connectivity index (χ2v) is 9.16. The van der Waals surface area contributed by atoms with Crippen LogP contribution in [0.15, 0.2) is 42.9 Å². The normalized spacial score (nSPS) is 15.5. The first kappa shape index (κ1) is 23.2. The summed E-state index contributed by atoms with van der Waals surface area (Å²) in [5.41, 5.74) is 9.65. The lowest BCUT2D eigenvalue weighted by atomic mass is 10.1. The van der Waals surface area contributed by atoms with Crippen molar-refractivity contribution in [3.8, 4) is 17.0 Å². The highest BCUT2D eigenvalue weighted by molar-refractivity contribution is 6.37. The van der Waals surface area contributed by atoms with Crippen molar-refractivity contribution in [2.24, 2.45) is 5.73 Å². The number of aromatic hydroxyl groups is 1. The number of ketones is 1. The van der Waals surface area contributed by atoms with Gasteiger partial charge < -0.3 is 21.1 Å². The van der Waals surface area contributed by atoms with E-state index >= 15 is 0 Å². The third kappa shape index (κ3) is 4.58. The molecule has 1 saturated heterocycles. The van der Waals surface area contributed by atoms with Crippen molar-refractivity contribution in [1.82, 2.24) is 19.9 Å². The molecule has 11 heteroatoms. The summed E-state index contributed by atoms with van der Waals surface area (Å²) >= 11 is 12.2.